The molecule has 0 amide bonds. The lowest BCUT2D eigenvalue weighted by molar-refractivity contribution is 0.157. The van der Waals surface area contributed by atoms with Crippen LogP contribution in [0.5, 0.6) is 0 Å². The monoisotopic (exact) mass is 223 g/mol. The molecule has 0 radical (unpaired) electrons. The lowest BCUT2D eigenvalue weighted by Gasteiger charge is -2.32. The van der Waals surface area contributed by atoms with Crippen molar-refractivity contribution in [3.05, 3.63) is 18.2 Å². The normalized spacial score (nSPS) is 19.9. The van der Waals surface area contributed by atoms with E-state index in [4.69, 9.17) is 5.11 Å². The van der Waals surface area contributed by atoms with E-state index in [0.717, 1.165) is 12.2 Å². The lowest BCUT2D eigenvalue weighted by Crippen LogP contribution is -2.39. The van der Waals surface area contributed by atoms with E-state index >= 15 is 0 Å². The van der Waals surface area contributed by atoms with Crippen molar-refractivity contribution in [3.8, 4) is 0 Å². The highest BCUT2D eigenvalue weighted by molar-refractivity contribution is 4.96. The van der Waals surface area contributed by atoms with Crippen LogP contribution in [0.25, 0.3) is 0 Å². The number of aromatic nitrogens is 2. The summed E-state index contributed by atoms with van der Waals surface area (Å²) in [4.78, 5) is 6.61. The number of rotatable bonds is 4. The molecule has 0 bridgehead atoms. The molecule has 1 aromatic rings. The molecule has 1 saturated heterocycles. The minimum atomic E-state index is 0.0761. The van der Waals surface area contributed by atoms with Gasteiger partial charge in [0.25, 0.3) is 0 Å². The first-order valence-corrected chi connectivity index (χ1v) is 6.15. The molecule has 1 unspecified atom stereocenters. The molecule has 1 atom stereocenters. The topological polar surface area (TPSA) is 41.3 Å². The van der Waals surface area contributed by atoms with E-state index in [1.54, 1.807) is 6.20 Å². The number of imidazole rings is 1. The third kappa shape index (κ3) is 2.62. The molecule has 4 nitrogen and oxygen atoms in total. The minimum absolute atomic E-state index is 0.0761. The Kier molecular flexibility index (Phi) is 3.96. The van der Waals surface area contributed by atoms with Crippen LogP contribution in [0.15, 0.2) is 12.5 Å². The summed E-state index contributed by atoms with van der Waals surface area (Å²) in [5.41, 5.74) is 0.906. The Labute approximate surface area is 96.9 Å². The van der Waals surface area contributed by atoms with Gasteiger partial charge in [0.2, 0.25) is 0 Å². The molecule has 1 N–H and O–H groups in total. The van der Waals surface area contributed by atoms with Gasteiger partial charge in [-0.3, -0.25) is 4.90 Å². The molecule has 1 aromatic heterocycles. The second-order valence-corrected chi connectivity index (χ2v) is 4.64. The van der Waals surface area contributed by atoms with Gasteiger partial charge < -0.3 is 9.67 Å². The third-order valence-corrected chi connectivity index (χ3v) is 3.44. The van der Waals surface area contributed by atoms with E-state index in [1.807, 2.05) is 6.33 Å². The molecule has 0 aromatic carbocycles. The maximum atomic E-state index is 9.16. The molecular weight excluding hydrogens is 202 g/mol. The molecule has 1 fully saturated rings. The zero-order valence-corrected chi connectivity index (χ0v) is 9.97. The highest BCUT2D eigenvalue weighted by atomic mass is 16.3. The van der Waals surface area contributed by atoms with Gasteiger partial charge in [-0.05, 0) is 32.9 Å². The summed E-state index contributed by atoms with van der Waals surface area (Å²) >= 11 is 0. The standard InChI is InChI=1S/C12H21N3O/c1-11(14-5-3-2-4-6-14)8-15-10-13-7-12(15)9-16/h7,10-11,16H,2-6,8-9H2,1H3. The minimum Gasteiger partial charge on any atom is -0.390 e. The smallest absolute Gasteiger partial charge is 0.0949 e. The Hall–Kier alpha value is -0.870. The van der Waals surface area contributed by atoms with Crippen molar-refractivity contribution in [3.63, 3.8) is 0 Å². The summed E-state index contributed by atoms with van der Waals surface area (Å²) in [7, 11) is 0. The number of aliphatic hydroxyl groups excluding tert-OH is 1. The summed E-state index contributed by atoms with van der Waals surface area (Å²) in [6.45, 7) is 5.68. The molecule has 4 heteroatoms. The Morgan fingerprint density at radius 2 is 2.12 bits per heavy atom. The number of hydrogen-bond acceptors (Lipinski definition) is 3. The molecule has 1 aliphatic heterocycles. The molecular formula is C12H21N3O. The first-order chi connectivity index (χ1) is 7.81. The Morgan fingerprint density at radius 3 is 2.81 bits per heavy atom. The van der Waals surface area contributed by atoms with Crippen LogP contribution < -0.4 is 0 Å². The van der Waals surface area contributed by atoms with Crippen LogP contribution >= 0.6 is 0 Å². The van der Waals surface area contributed by atoms with E-state index in [0.29, 0.717) is 6.04 Å². The Bertz CT molecular complexity index is 318. The van der Waals surface area contributed by atoms with Gasteiger partial charge >= 0.3 is 0 Å². The van der Waals surface area contributed by atoms with Crippen LogP contribution in [0.3, 0.4) is 0 Å². The second kappa shape index (κ2) is 5.46. The zero-order chi connectivity index (χ0) is 11.4. The van der Waals surface area contributed by atoms with Crippen LogP contribution in [-0.2, 0) is 13.2 Å². The van der Waals surface area contributed by atoms with E-state index in [2.05, 4.69) is 21.4 Å². The van der Waals surface area contributed by atoms with Crippen molar-refractivity contribution in [2.45, 2.75) is 45.4 Å². The van der Waals surface area contributed by atoms with Crippen LogP contribution in [-0.4, -0.2) is 38.7 Å². The predicted octanol–water partition coefficient (Wildman–Crippen LogP) is 1.25. The van der Waals surface area contributed by atoms with Gasteiger partial charge in [-0.15, -0.1) is 0 Å². The van der Waals surface area contributed by atoms with Crippen LogP contribution in [0.1, 0.15) is 31.9 Å². The van der Waals surface area contributed by atoms with E-state index in [9.17, 15) is 0 Å². The molecule has 0 spiro atoms. The Morgan fingerprint density at radius 1 is 1.38 bits per heavy atom. The molecule has 0 saturated carbocycles. The number of piperidine rings is 1. The van der Waals surface area contributed by atoms with Gasteiger partial charge in [0.15, 0.2) is 0 Å². The van der Waals surface area contributed by atoms with Crippen molar-refractivity contribution in [1.29, 1.82) is 0 Å². The fourth-order valence-corrected chi connectivity index (χ4v) is 2.40. The summed E-state index contributed by atoms with van der Waals surface area (Å²) in [5.74, 6) is 0. The maximum Gasteiger partial charge on any atom is 0.0949 e. The highest BCUT2D eigenvalue weighted by Gasteiger charge is 2.17. The van der Waals surface area contributed by atoms with Crippen molar-refractivity contribution in [2.24, 2.45) is 0 Å². The summed E-state index contributed by atoms with van der Waals surface area (Å²) in [5, 5.41) is 9.16. The SMILES string of the molecule is CC(Cn1cncc1CO)N1CCCCC1. The number of aliphatic hydroxyl groups is 1. The molecule has 0 aliphatic carbocycles. The van der Waals surface area contributed by atoms with Crippen molar-refractivity contribution in [1.82, 2.24) is 14.5 Å². The third-order valence-electron chi connectivity index (χ3n) is 3.44. The maximum absolute atomic E-state index is 9.16. The average molecular weight is 223 g/mol. The molecule has 1 aliphatic rings. The number of nitrogens with zero attached hydrogens (tertiary/aromatic N) is 3. The lowest BCUT2D eigenvalue weighted by atomic mass is 10.1. The van der Waals surface area contributed by atoms with E-state index < -0.39 is 0 Å². The predicted molar refractivity (Wildman–Crippen MR) is 63.0 cm³/mol. The van der Waals surface area contributed by atoms with Gasteiger partial charge in [-0.25, -0.2) is 4.98 Å². The number of likely N-dealkylation sites (tertiary alicyclic amines) is 1. The van der Waals surface area contributed by atoms with Gasteiger partial charge in [0.1, 0.15) is 0 Å². The van der Waals surface area contributed by atoms with Crippen molar-refractivity contribution >= 4 is 0 Å². The first-order valence-electron chi connectivity index (χ1n) is 6.15. The fraction of sp³-hybridized carbons (Fsp3) is 0.750. The largest absolute Gasteiger partial charge is 0.390 e. The van der Waals surface area contributed by atoms with Gasteiger partial charge in [0, 0.05) is 12.6 Å². The van der Waals surface area contributed by atoms with Crippen LogP contribution in [0, 0.1) is 0 Å². The molecule has 2 rings (SSSR count). The molecule has 2 heterocycles. The highest BCUT2D eigenvalue weighted by Crippen LogP contribution is 2.13. The van der Waals surface area contributed by atoms with Gasteiger partial charge in [0.05, 0.1) is 24.8 Å². The van der Waals surface area contributed by atoms with Gasteiger partial charge in [-0.1, -0.05) is 6.42 Å². The quantitative estimate of drug-likeness (QED) is 0.835. The Balaban J connectivity index is 1.93. The van der Waals surface area contributed by atoms with Crippen LogP contribution in [0.2, 0.25) is 0 Å². The van der Waals surface area contributed by atoms with Crippen molar-refractivity contribution in [2.75, 3.05) is 13.1 Å². The summed E-state index contributed by atoms with van der Waals surface area (Å²) < 4.78 is 2.05. The molecule has 90 valence electrons. The van der Waals surface area contributed by atoms with Gasteiger partial charge in [-0.2, -0.15) is 0 Å². The second-order valence-electron chi connectivity index (χ2n) is 4.64. The fourth-order valence-electron chi connectivity index (χ4n) is 2.40. The van der Waals surface area contributed by atoms with Crippen LogP contribution in [0.4, 0.5) is 0 Å². The summed E-state index contributed by atoms with van der Waals surface area (Å²) in [6.07, 6.45) is 7.56. The van der Waals surface area contributed by atoms with E-state index in [-0.39, 0.29) is 6.61 Å². The average Bonchev–Trinajstić information content (AvgIpc) is 2.77. The first kappa shape index (κ1) is 11.6. The molecule has 16 heavy (non-hydrogen) atoms. The van der Waals surface area contributed by atoms with E-state index in [1.165, 1.54) is 32.4 Å². The number of hydrogen-bond donors (Lipinski definition) is 1. The zero-order valence-electron chi connectivity index (χ0n) is 9.97. The van der Waals surface area contributed by atoms with Crippen molar-refractivity contribution < 1.29 is 5.11 Å². The summed E-state index contributed by atoms with van der Waals surface area (Å²) in [6, 6.07) is 0.528.